The molecule has 0 saturated heterocycles. The number of ether oxygens (including phenoxy) is 1. The highest BCUT2D eigenvalue weighted by Gasteiger charge is 2.22. The Kier molecular flexibility index (Phi) is 5.01. The summed E-state index contributed by atoms with van der Waals surface area (Å²) < 4.78 is 7.09. The largest absolute Gasteiger partial charge is 0.481 e. The monoisotopic (exact) mass is 377 g/mol. The maximum absolute atomic E-state index is 5.89. The van der Waals surface area contributed by atoms with Gasteiger partial charge in [0.05, 0.1) is 24.2 Å². The molecule has 4 rings (SSSR count). The number of nitrogens with two attached hydrogens (primary N) is 1. The molecule has 0 aromatic carbocycles. The molecule has 1 saturated carbocycles. The van der Waals surface area contributed by atoms with Crippen LogP contribution >= 0.6 is 0 Å². The fourth-order valence-corrected chi connectivity index (χ4v) is 3.04. The minimum absolute atomic E-state index is 0.135. The summed E-state index contributed by atoms with van der Waals surface area (Å²) in [4.78, 5) is 17.7. The van der Waals surface area contributed by atoms with Crippen molar-refractivity contribution in [3.05, 3.63) is 42.5 Å². The predicted molar refractivity (Wildman–Crippen MR) is 108 cm³/mol. The summed E-state index contributed by atoms with van der Waals surface area (Å²) in [6.07, 6.45) is 9.24. The number of methoxy groups -OCH3 is 1. The third kappa shape index (κ3) is 3.58. The van der Waals surface area contributed by atoms with E-state index < -0.39 is 0 Å². The van der Waals surface area contributed by atoms with Crippen molar-refractivity contribution in [3.8, 4) is 17.3 Å². The Morgan fingerprint density at radius 3 is 3.04 bits per heavy atom. The summed E-state index contributed by atoms with van der Waals surface area (Å²) in [7, 11) is 1.59. The molecule has 3 heterocycles. The van der Waals surface area contributed by atoms with Gasteiger partial charge in [-0.15, -0.1) is 0 Å². The summed E-state index contributed by atoms with van der Waals surface area (Å²) in [5.41, 5.74) is 8.89. The SMILES string of the molecule is COc1cccc(-c2nn(C(C)/C(C=NCC3CC3)=C/N)c3ncncc23)n1. The van der Waals surface area contributed by atoms with Gasteiger partial charge < -0.3 is 10.5 Å². The summed E-state index contributed by atoms with van der Waals surface area (Å²) in [6, 6.07) is 5.44. The van der Waals surface area contributed by atoms with E-state index in [-0.39, 0.29) is 6.04 Å². The van der Waals surface area contributed by atoms with E-state index in [9.17, 15) is 0 Å². The van der Waals surface area contributed by atoms with Gasteiger partial charge in [-0.2, -0.15) is 5.10 Å². The first-order valence-electron chi connectivity index (χ1n) is 9.32. The van der Waals surface area contributed by atoms with Gasteiger partial charge in [-0.1, -0.05) is 6.07 Å². The van der Waals surface area contributed by atoms with Crippen LogP contribution in [0.1, 0.15) is 25.8 Å². The number of aliphatic imine (C=N–C) groups is 1. The van der Waals surface area contributed by atoms with Gasteiger partial charge in [0.25, 0.3) is 0 Å². The van der Waals surface area contributed by atoms with E-state index in [4.69, 9.17) is 15.6 Å². The molecule has 28 heavy (non-hydrogen) atoms. The highest BCUT2D eigenvalue weighted by molar-refractivity contribution is 5.90. The summed E-state index contributed by atoms with van der Waals surface area (Å²) >= 11 is 0. The van der Waals surface area contributed by atoms with Crippen LogP contribution in [0.5, 0.6) is 5.88 Å². The molecule has 1 aliphatic rings. The number of nitrogens with zero attached hydrogens (tertiary/aromatic N) is 6. The number of allylic oxidation sites excluding steroid dienone is 1. The molecular weight excluding hydrogens is 354 g/mol. The van der Waals surface area contributed by atoms with E-state index in [0.29, 0.717) is 17.3 Å². The van der Waals surface area contributed by atoms with Crippen molar-refractivity contribution in [3.63, 3.8) is 0 Å². The lowest BCUT2D eigenvalue weighted by atomic mass is 10.1. The quantitative estimate of drug-likeness (QED) is 0.635. The zero-order valence-electron chi connectivity index (χ0n) is 16.0. The van der Waals surface area contributed by atoms with Crippen LogP contribution in [-0.2, 0) is 0 Å². The average molecular weight is 377 g/mol. The van der Waals surface area contributed by atoms with Crippen molar-refractivity contribution in [2.45, 2.75) is 25.8 Å². The van der Waals surface area contributed by atoms with Crippen molar-refractivity contribution in [1.82, 2.24) is 24.7 Å². The van der Waals surface area contributed by atoms with E-state index >= 15 is 0 Å². The summed E-state index contributed by atoms with van der Waals surface area (Å²) in [6.45, 7) is 2.88. The Labute approximate surface area is 163 Å². The molecule has 1 atom stereocenters. The Morgan fingerprint density at radius 2 is 2.29 bits per heavy atom. The third-order valence-corrected chi connectivity index (χ3v) is 4.89. The van der Waals surface area contributed by atoms with Crippen LogP contribution < -0.4 is 10.5 Å². The second-order valence-corrected chi connectivity index (χ2v) is 6.90. The highest BCUT2D eigenvalue weighted by Crippen LogP contribution is 2.30. The first kappa shape index (κ1) is 18.1. The van der Waals surface area contributed by atoms with Gasteiger partial charge in [-0.3, -0.25) is 4.99 Å². The van der Waals surface area contributed by atoms with E-state index in [1.807, 2.05) is 30.0 Å². The number of hydrogen-bond donors (Lipinski definition) is 1. The molecule has 8 nitrogen and oxygen atoms in total. The van der Waals surface area contributed by atoms with Gasteiger partial charge in [0.15, 0.2) is 5.65 Å². The van der Waals surface area contributed by atoms with Crippen LogP contribution in [0, 0.1) is 5.92 Å². The summed E-state index contributed by atoms with van der Waals surface area (Å²) in [5.74, 6) is 1.26. The van der Waals surface area contributed by atoms with Crippen LogP contribution in [0.2, 0.25) is 0 Å². The predicted octanol–water partition coefficient (Wildman–Crippen LogP) is 2.78. The molecule has 0 radical (unpaired) electrons. The Balaban J connectivity index is 1.73. The van der Waals surface area contributed by atoms with Gasteiger partial charge in [0, 0.05) is 36.8 Å². The zero-order valence-corrected chi connectivity index (χ0v) is 16.0. The van der Waals surface area contributed by atoms with Crippen molar-refractivity contribution in [2.24, 2.45) is 16.6 Å². The molecule has 2 N–H and O–H groups in total. The molecule has 1 unspecified atom stereocenters. The van der Waals surface area contributed by atoms with Gasteiger partial charge in [0.2, 0.25) is 5.88 Å². The van der Waals surface area contributed by atoms with Crippen molar-refractivity contribution >= 4 is 17.2 Å². The van der Waals surface area contributed by atoms with Crippen LogP contribution in [-0.4, -0.2) is 44.6 Å². The van der Waals surface area contributed by atoms with Gasteiger partial charge >= 0.3 is 0 Å². The van der Waals surface area contributed by atoms with Crippen LogP contribution in [0.25, 0.3) is 22.4 Å². The topological polar surface area (TPSA) is 104 Å². The van der Waals surface area contributed by atoms with Crippen LogP contribution in [0.15, 0.2) is 47.5 Å². The van der Waals surface area contributed by atoms with E-state index in [2.05, 4.69) is 19.9 Å². The Morgan fingerprint density at radius 1 is 1.43 bits per heavy atom. The minimum Gasteiger partial charge on any atom is -0.481 e. The van der Waals surface area contributed by atoms with Crippen molar-refractivity contribution in [1.29, 1.82) is 0 Å². The van der Waals surface area contributed by atoms with E-state index in [1.54, 1.807) is 25.6 Å². The fourth-order valence-electron chi connectivity index (χ4n) is 3.04. The Bertz CT molecular complexity index is 1040. The first-order valence-corrected chi connectivity index (χ1v) is 9.32. The molecule has 8 heteroatoms. The minimum atomic E-state index is -0.135. The van der Waals surface area contributed by atoms with Crippen LogP contribution in [0.3, 0.4) is 0 Å². The number of rotatable bonds is 7. The van der Waals surface area contributed by atoms with Gasteiger partial charge in [0.1, 0.15) is 12.0 Å². The molecule has 3 aromatic rings. The van der Waals surface area contributed by atoms with Crippen molar-refractivity contribution < 1.29 is 4.74 Å². The molecule has 0 spiro atoms. The lowest BCUT2D eigenvalue weighted by Crippen LogP contribution is -2.13. The standard InChI is InChI=1S/C20H23N7O/c1-13(15(8-21)10-22-9-14-6-7-14)27-20-16(11-23-12-24-20)19(26-27)17-4-3-5-18(25-17)28-2/h3-5,8,10-14H,6-7,9,21H2,1-2H3/b15-8+,22-10?. The second-order valence-electron chi connectivity index (χ2n) is 6.90. The van der Waals surface area contributed by atoms with E-state index in [1.165, 1.54) is 19.2 Å². The number of fused-ring (bicyclic) bond motifs is 1. The summed E-state index contributed by atoms with van der Waals surface area (Å²) in [5, 5.41) is 5.62. The lowest BCUT2D eigenvalue weighted by Gasteiger charge is -2.13. The van der Waals surface area contributed by atoms with Gasteiger partial charge in [-0.25, -0.2) is 19.6 Å². The Hall–Kier alpha value is -3.29. The van der Waals surface area contributed by atoms with Crippen LogP contribution in [0.4, 0.5) is 0 Å². The number of hydrogen-bond acceptors (Lipinski definition) is 7. The highest BCUT2D eigenvalue weighted by atomic mass is 16.5. The average Bonchev–Trinajstić information content (AvgIpc) is 3.48. The number of pyridine rings is 1. The fraction of sp³-hybridized carbons (Fsp3) is 0.350. The number of aromatic nitrogens is 5. The molecular formula is C20H23N7O. The van der Waals surface area contributed by atoms with Gasteiger partial charge in [-0.05, 0) is 31.7 Å². The maximum atomic E-state index is 5.89. The smallest absolute Gasteiger partial charge is 0.213 e. The molecule has 0 amide bonds. The molecule has 0 aliphatic heterocycles. The second kappa shape index (κ2) is 7.75. The normalized spacial score (nSPS) is 16.0. The lowest BCUT2D eigenvalue weighted by molar-refractivity contribution is 0.398. The molecule has 1 fully saturated rings. The van der Waals surface area contributed by atoms with Crippen molar-refractivity contribution in [2.75, 3.05) is 13.7 Å². The molecule has 0 bridgehead atoms. The zero-order chi connectivity index (χ0) is 19.5. The molecule has 3 aromatic heterocycles. The van der Waals surface area contributed by atoms with E-state index in [0.717, 1.165) is 29.1 Å². The molecule has 144 valence electrons. The first-order chi connectivity index (χ1) is 13.7. The molecule has 1 aliphatic carbocycles. The maximum Gasteiger partial charge on any atom is 0.213 e. The third-order valence-electron chi connectivity index (χ3n) is 4.89.